The fraction of sp³-hybridized carbons (Fsp3) is 0.364. The number of benzene rings is 1. The van der Waals surface area contributed by atoms with Gasteiger partial charge in [0.25, 0.3) is 0 Å². The Hall–Kier alpha value is -0.920. The molecule has 0 radical (unpaired) electrons. The van der Waals surface area contributed by atoms with Gasteiger partial charge < -0.3 is 5.11 Å². The molecule has 18 heavy (non-hydrogen) atoms. The number of rotatable bonds is 3. The molecule has 0 saturated carbocycles. The van der Waals surface area contributed by atoms with E-state index in [-0.39, 0.29) is 18.0 Å². The highest BCUT2D eigenvalue weighted by Gasteiger charge is 2.35. The normalized spacial score (nSPS) is 21.1. The zero-order valence-electron chi connectivity index (χ0n) is 9.41. The number of hydrogen-bond acceptors (Lipinski definition) is 3. The number of aliphatic carboxylic acids is 1. The van der Waals surface area contributed by atoms with E-state index in [1.807, 2.05) is 0 Å². The molecule has 1 fully saturated rings. The molecule has 1 aromatic carbocycles. The summed E-state index contributed by atoms with van der Waals surface area (Å²) in [6.07, 6.45) is 0.364. The summed E-state index contributed by atoms with van der Waals surface area (Å²) in [5, 5.41) is 8.88. The van der Waals surface area contributed by atoms with Gasteiger partial charge in [0.2, 0.25) is 10.0 Å². The second kappa shape index (κ2) is 4.99. The minimum Gasteiger partial charge on any atom is -0.481 e. The summed E-state index contributed by atoms with van der Waals surface area (Å²) < 4.78 is 26.4. The van der Waals surface area contributed by atoms with Gasteiger partial charge in [-0.05, 0) is 24.6 Å². The lowest BCUT2D eigenvalue weighted by atomic mass is 10.1. The van der Waals surface area contributed by atoms with Gasteiger partial charge in [0.05, 0.1) is 10.8 Å². The zero-order chi connectivity index (χ0) is 13.3. The third-order valence-corrected chi connectivity index (χ3v) is 5.29. The van der Waals surface area contributed by atoms with Gasteiger partial charge in [-0.1, -0.05) is 22.0 Å². The molecule has 0 unspecified atom stereocenters. The Bertz CT molecular complexity index is 572. The fourth-order valence-electron chi connectivity index (χ4n) is 1.92. The van der Waals surface area contributed by atoms with Crippen molar-refractivity contribution in [3.8, 4) is 0 Å². The van der Waals surface area contributed by atoms with E-state index in [9.17, 15) is 13.2 Å². The molecule has 1 aliphatic heterocycles. The lowest BCUT2D eigenvalue weighted by Gasteiger charge is -2.16. The second-order valence-electron chi connectivity index (χ2n) is 4.14. The predicted octanol–water partition coefficient (Wildman–Crippen LogP) is 1.54. The summed E-state index contributed by atoms with van der Waals surface area (Å²) >= 11 is 3.22. The van der Waals surface area contributed by atoms with E-state index in [1.165, 1.54) is 16.4 Å². The monoisotopic (exact) mass is 333 g/mol. The van der Waals surface area contributed by atoms with E-state index in [1.54, 1.807) is 12.1 Å². The first-order valence-corrected chi connectivity index (χ1v) is 7.63. The third-order valence-electron chi connectivity index (χ3n) is 2.93. The van der Waals surface area contributed by atoms with Gasteiger partial charge >= 0.3 is 5.97 Å². The van der Waals surface area contributed by atoms with E-state index in [0.29, 0.717) is 10.9 Å². The number of hydrogen-bond donors (Lipinski definition) is 1. The van der Waals surface area contributed by atoms with E-state index >= 15 is 0 Å². The van der Waals surface area contributed by atoms with Crippen LogP contribution in [0.2, 0.25) is 0 Å². The number of carboxylic acids is 1. The lowest BCUT2D eigenvalue weighted by Crippen LogP contribution is -2.30. The van der Waals surface area contributed by atoms with Crippen LogP contribution in [0.3, 0.4) is 0 Å². The maximum atomic E-state index is 12.3. The van der Waals surface area contributed by atoms with Crippen molar-refractivity contribution in [2.45, 2.75) is 11.3 Å². The molecule has 1 saturated heterocycles. The highest BCUT2D eigenvalue weighted by Crippen LogP contribution is 2.25. The molecule has 0 spiro atoms. The molecule has 1 aromatic rings. The Balaban J connectivity index is 2.25. The van der Waals surface area contributed by atoms with Gasteiger partial charge in [-0.3, -0.25) is 4.79 Å². The van der Waals surface area contributed by atoms with Crippen LogP contribution >= 0.6 is 15.9 Å². The van der Waals surface area contributed by atoms with E-state index in [4.69, 9.17) is 5.11 Å². The lowest BCUT2D eigenvalue weighted by molar-refractivity contribution is -0.141. The molecule has 1 heterocycles. The average Bonchev–Trinajstić information content (AvgIpc) is 2.79. The van der Waals surface area contributed by atoms with Gasteiger partial charge in [0.1, 0.15) is 0 Å². The van der Waals surface area contributed by atoms with Crippen LogP contribution in [0, 0.1) is 5.92 Å². The minimum absolute atomic E-state index is 0.0458. The van der Waals surface area contributed by atoms with Crippen LogP contribution in [-0.2, 0) is 14.8 Å². The van der Waals surface area contributed by atoms with Crippen molar-refractivity contribution in [3.05, 3.63) is 28.7 Å². The van der Waals surface area contributed by atoms with Crippen molar-refractivity contribution in [2.24, 2.45) is 5.92 Å². The van der Waals surface area contributed by atoms with Crippen molar-refractivity contribution in [3.63, 3.8) is 0 Å². The second-order valence-corrected chi connectivity index (χ2v) is 7.00. The molecule has 5 nitrogen and oxygen atoms in total. The van der Waals surface area contributed by atoms with Gasteiger partial charge in [0, 0.05) is 17.6 Å². The SMILES string of the molecule is O=C(O)[C@H]1CCN(S(=O)(=O)c2cccc(Br)c2)C1. The summed E-state index contributed by atoms with van der Waals surface area (Å²) in [7, 11) is -3.59. The smallest absolute Gasteiger partial charge is 0.307 e. The van der Waals surface area contributed by atoms with Crippen molar-refractivity contribution in [1.82, 2.24) is 4.31 Å². The first kappa shape index (κ1) is 13.5. The molecule has 98 valence electrons. The summed E-state index contributed by atoms with van der Waals surface area (Å²) in [6, 6.07) is 6.41. The van der Waals surface area contributed by atoms with Crippen LogP contribution in [-0.4, -0.2) is 36.9 Å². The van der Waals surface area contributed by atoms with Crippen LogP contribution in [0.15, 0.2) is 33.6 Å². The van der Waals surface area contributed by atoms with E-state index in [2.05, 4.69) is 15.9 Å². The fourth-order valence-corrected chi connectivity index (χ4v) is 4.02. The average molecular weight is 334 g/mol. The quantitative estimate of drug-likeness (QED) is 0.910. The van der Waals surface area contributed by atoms with E-state index in [0.717, 1.165) is 0 Å². The molecule has 0 aromatic heterocycles. The van der Waals surface area contributed by atoms with Crippen LogP contribution in [0.5, 0.6) is 0 Å². The zero-order valence-corrected chi connectivity index (χ0v) is 11.8. The van der Waals surface area contributed by atoms with Gasteiger partial charge in [-0.25, -0.2) is 8.42 Å². The molecule has 0 amide bonds. The summed E-state index contributed by atoms with van der Waals surface area (Å²) in [5.74, 6) is -1.55. The number of carbonyl (C=O) groups is 1. The Morgan fingerprint density at radius 2 is 2.17 bits per heavy atom. The highest BCUT2D eigenvalue weighted by molar-refractivity contribution is 9.10. The van der Waals surface area contributed by atoms with Crippen molar-refractivity contribution < 1.29 is 18.3 Å². The largest absolute Gasteiger partial charge is 0.481 e. The number of nitrogens with zero attached hydrogens (tertiary/aromatic N) is 1. The van der Waals surface area contributed by atoms with Crippen LogP contribution < -0.4 is 0 Å². The standard InChI is InChI=1S/C11H12BrNO4S/c12-9-2-1-3-10(6-9)18(16,17)13-5-4-8(7-13)11(14)15/h1-3,6,8H,4-5,7H2,(H,14,15)/t8-/m0/s1. The molecular weight excluding hydrogens is 322 g/mol. The number of carboxylic acid groups (broad SMARTS) is 1. The first-order chi connectivity index (χ1) is 8.41. The van der Waals surface area contributed by atoms with Crippen LogP contribution in [0.1, 0.15) is 6.42 Å². The molecular formula is C11H12BrNO4S. The molecule has 1 aliphatic rings. The van der Waals surface area contributed by atoms with Crippen LogP contribution in [0.4, 0.5) is 0 Å². The summed E-state index contributed by atoms with van der Waals surface area (Å²) in [4.78, 5) is 11.0. The van der Waals surface area contributed by atoms with Gasteiger partial charge in [-0.15, -0.1) is 0 Å². The van der Waals surface area contributed by atoms with E-state index < -0.39 is 21.9 Å². The Labute approximate surface area is 114 Å². The van der Waals surface area contributed by atoms with Crippen molar-refractivity contribution in [1.29, 1.82) is 0 Å². The maximum Gasteiger partial charge on any atom is 0.307 e. The summed E-state index contributed by atoms with van der Waals surface area (Å²) in [5.41, 5.74) is 0. The minimum atomic E-state index is -3.59. The van der Waals surface area contributed by atoms with Crippen molar-refractivity contribution in [2.75, 3.05) is 13.1 Å². The molecule has 0 aliphatic carbocycles. The molecule has 1 atom stereocenters. The van der Waals surface area contributed by atoms with Gasteiger partial charge in [0.15, 0.2) is 0 Å². The topological polar surface area (TPSA) is 74.7 Å². The predicted molar refractivity (Wildman–Crippen MR) is 68.6 cm³/mol. The molecule has 7 heteroatoms. The van der Waals surface area contributed by atoms with Gasteiger partial charge in [-0.2, -0.15) is 4.31 Å². The van der Waals surface area contributed by atoms with Crippen LogP contribution in [0.25, 0.3) is 0 Å². The number of halogens is 1. The third kappa shape index (κ3) is 2.57. The Morgan fingerprint density at radius 3 is 2.72 bits per heavy atom. The number of sulfonamides is 1. The maximum absolute atomic E-state index is 12.3. The van der Waals surface area contributed by atoms with Crippen molar-refractivity contribution >= 4 is 31.9 Å². The highest BCUT2D eigenvalue weighted by atomic mass is 79.9. The molecule has 1 N–H and O–H groups in total. The molecule has 0 bridgehead atoms. The first-order valence-electron chi connectivity index (χ1n) is 5.40. The summed E-state index contributed by atoms with van der Waals surface area (Å²) in [6.45, 7) is 0.302. The Kier molecular flexibility index (Phi) is 3.74. The Morgan fingerprint density at radius 1 is 1.44 bits per heavy atom. The molecule has 2 rings (SSSR count).